The Morgan fingerprint density at radius 3 is 2.45 bits per heavy atom. The van der Waals surface area contributed by atoms with Crippen LogP contribution in [0.4, 0.5) is 5.69 Å². The van der Waals surface area contributed by atoms with Gasteiger partial charge in [0.1, 0.15) is 4.21 Å². The fraction of sp³-hybridized carbons (Fsp3) is 0.0714. The zero-order valence-electron chi connectivity index (χ0n) is 11.4. The number of carbonyl (C=O) groups excluding carboxylic acids is 1. The van der Waals surface area contributed by atoms with E-state index in [-0.39, 0.29) is 10.1 Å². The second-order valence-electron chi connectivity index (χ2n) is 4.24. The molecule has 2 aromatic rings. The van der Waals surface area contributed by atoms with Crippen molar-refractivity contribution in [1.82, 2.24) is 5.32 Å². The molecular formula is C14H13BrN2O3S2. The van der Waals surface area contributed by atoms with Crippen LogP contribution in [-0.4, -0.2) is 20.9 Å². The second-order valence-corrected chi connectivity index (χ2v) is 8.61. The molecule has 0 aliphatic rings. The van der Waals surface area contributed by atoms with Gasteiger partial charge in [-0.25, -0.2) is 8.42 Å². The number of nitrogens with one attached hydrogen (secondary N) is 2. The molecule has 0 radical (unpaired) electrons. The highest BCUT2D eigenvalue weighted by Gasteiger charge is 2.16. The smallest absolute Gasteiger partial charge is 0.271 e. The van der Waals surface area contributed by atoms with Crippen LogP contribution in [0.15, 0.2) is 57.0 Å². The monoisotopic (exact) mass is 400 g/mol. The molecular weight excluding hydrogens is 388 g/mol. The molecule has 0 fully saturated rings. The summed E-state index contributed by atoms with van der Waals surface area (Å²) in [6.07, 6.45) is 1.58. The van der Waals surface area contributed by atoms with Gasteiger partial charge in [0.2, 0.25) is 0 Å². The molecule has 1 heterocycles. The van der Waals surface area contributed by atoms with Crippen molar-refractivity contribution >= 4 is 48.9 Å². The Hall–Kier alpha value is -1.64. The standard InChI is InChI=1S/C14H13BrN2O3S2/c1-2-9-16-14(18)10-3-5-11(6-4-10)17-22(19,20)13-8-7-12(15)21-13/h2-8,17H,1,9H2,(H,16,18). The minimum atomic E-state index is -3.62. The maximum Gasteiger partial charge on any atom is 0.271 e. The number of hydrogen-bond donors (Lipinski definition) is 2. The summed E-state index contributed by atoms with van der Waals surface area (Å²) >= 11 is 4.35. The number of anilines is 1. The first kappa shape index (κ1) is 16.7. The molecule has 0 saturated heterocycles. The Bertz CT molecular complexity index is 783. The summed E-state index contributed by atoms with van der Waals surface area (Å²) in [7, 11) is -3.62. The zero-order chi connectivity index (χ0) is 16.2. The number of benzene rings is 1. The van der Waals surface area contributed by atoms with Crippen molar-refractivity contribution in [1.29, 1.82) is 0 Å². The molecule has 22 heavy (non-hydrogen) atoms. The quantitative estimate of drug-likeness (QED) is 0.730. The predicted octanol–water partition coefficient (Wildman–Crippen LogP) is 3.23. The Morgan fingerprint density at radius 1 is 1.23 bits per heavy atom. The van der Waals surface area contributed by atoms with Gasteiger partial charge in [0.15, 0.2) is 0 Å². The van der Waals surface area contributed by atoms with Crippen LogP contribution in [0.25, 0.3) is 0 Å². The minimum Gasteiger partial charge on any atom is -0.349 e. The maximum atomic E-state index is 12.2. The third kappa shape index (κ3) is 4.19. The van der Waals surface area contributed by atoms with Crippen molar-refractivity contribution in [2.24, 2.45) is 0 Å². The molecule has 1 aromatic carbocycles. The van der Waals surface area contributed by atoms with E-state index in [4.69, 9.17) is 0 Å². The third-order valence-electron chi connectivity index (χ3n) is 2.62. The largest absolute Gasteiger partial charge is 0.349 e. The number of thiophene rings is 1. The first-order valence-electron chi connectivity index (χ1n) is 6.20. The minimum absolute atomic E-state index is 0.215. The van der Waals surface area contributed by atoms with E-state index in [0.717, 1.165) is 15.1 Å². The van der Waals surface area contributed by atoms with Crippen LogP contribution in [0.1, 0.15) is 10.4 Å². The highest BCUT2D eigenvalue weighted by atomic mass is 79.9. The van der Waals surface area contributed by atoms with E-state index in [1.807, 2.05) is 0 Å². The van der Waals surface area contributed by atoms with Crippen LogP contribution in [-0.2, 0) is 10.0 Å². The van der Waals surface area contributed by atoms with Crippen LogP contribution in [0, 0.1) is 0 Å². The van der Waals surface area contributed by atoms with E-state index in [1.54, 1.807) is 36.4 Å². The lowest BCUT2D eigenvalue weighted by Crippen LogP contribution is -2.23. The molecule has 0 aliphatic carbocycles. The Kier molecular flexibility index (Phi) is 5.38. The van der Waals surface area contributed by atoms with Gasteiger partial charge in [-0.1, -0.05) is 6.08 Å². The fourth-order valence-corrected chi connectivity index (χ4v) is 4.67. The molecule has 0 unspecified atom stereocenters. The molecule has 0 bridgehead atoms. The molecule has 5 nitrogen and oxygen atoms in total. The Morgan fingerprint density at radius 2 is 1.91 bits per heavy atom. The molecule has 0 aliphatic heterocycles. The first-order valence-corrected chi connectivity index (χ1v) is 9.29. The Balaban J connectivity index is 2.11. The van der Waals surface area contributed by atoms with Crippen molar-refractivity contribution in [3.63, 3.8) is 0 Å². The van der Waals surface area contributed by atoms with Gasteiger partial charge >= 0.3 is 0 Å². The topological polar surface area (TPSA) is 75.3 Å². The van der Waals surface area contributed by atoms with Crippen LogP contribution in [0.3, 0.4) is 0 Å². The maximum absolute atomic E-state index is 12.2. The number of rotatable bonds is 6. The van der Waals surface area contributed by atoms with E-state index >= 15 is 0 Å². The number of carbonyl (C=O) groups is 1. The normalized spacial score (nSPS) is 11.0. The fourth-order valence-electron chi connectivity index (χ4n) is 1.60. The summed E-state index contributed by atoms with van der Waals surface area (Å²) in [5.41, 5.74) is 0.841. The molecule has 2 N–H and O–H groups in total. The van der Waals surface area contributed by atoms with Gasteiger partial charge in [-0.15, -0.1) is 17.9 Å². The molecule has 116 valence electrons. The van der Waals surface area contributed by atoms with E-state index in [0.29, 0.717) is 17.8 Å². The second kappa shape index (κ2) is 7.08. The lowest BCUT2D eigenvalue weighted by molar-refractivity contribution is 0.0958. The van der Waals surface area contributed by atoms with Crippen LogP contribution >= 0.6 is 27.3 Å². The molecule has 2 rings (SSSR count). The molecule has 0 saturated carbocycles. The number of halogens is 1. The van der Waals surface area contributed by atoms with E-state index in [1.165, 1.54) is 6.07 Å². The van der Waals surface area contributed by atoms with E-state index < -0.39 is 10.0 Å². The van der Waals surface area contributed by atoms with Gasteiger partial charge in [-0.3, -0.25) is 9.52 Å². The average Bonchev–Trinajstić information content (AvgIpc) is 2.92. The predicted molar refractivity (Wildman–Crippen MR) is 91.8 cm³/mol. The summed E-state index contributed by atoms with van der Waals surface area (Å²) < 4.78 is 27.8. The Labute approximate surface area is 141 Å². The summed E-state index contributed by atoms with van der Waals surface area (Å²) in [4.78, 5) is 11.7. The van der Waals surface area contributed by atoms with Crippen molar-refractivity contribution in [3.05, 3.63) is 58.4 Å². The van der Waals surface area contributed by atoms with Crippen LogP contribution < -0.4 is 10.0 Å². The summed E-state index contributed by atoms with van der Waals surface area (Å²) in [6.45, 7) is 3.89. The number of sulfonamides is 1. The molecule has 1 amide bonds. The number of hydrogen-bond acceptors (Lipinski definition) is 4. The first-order chi connectivity index (χ1) is 10.4. The van der Waals surface area contributed by atoms with Gasteiger partial charge in [-0.2, -0.15) is 0 Å². The molecule has 0 atom stereocenters. The SMILES string of the molecule is C=CCNC(=O)c1ccc(NS(=O)(=O)c2ccc(Br)s2)cc1. The third-order valence-corrected chi connectivity index (χ3v) is 6.12. The van der Waals surface area contributed by atoms with Gasteiger partial charge < -0.3 is 5.32 Å². The molecule has 0 spiro atoms. The molecule has 1 aromatic heterocycles. The zero-order valence-corrected chi connectivity index (χ0v) is 14.6. The lowest BCUT2D eigenvalue weighted by Gasteiger charge is -2.07. The van der Waals surface area contributed by atoms with Gasteiger partial charge in [0, 0.05) is 17.8 Å². The summed E-state index contributed by atoms with van der Waals surface area (Å²) in [6, 6.07) is 9.40. The summed E-state index contributed by atoms with van der Waals surface area (Å²) in [5, 5.41) is 2.65. The van der Waals surface area contributed by atoms with Crippen molar-refractivity contribution in [3.8, 4) is 0 Å². The summed E-state index contributed by atoms with van der Waals surface area (Å²) in [5.74, 6) is -0.239. The van der Waals surface area contributed by atoms with Gasteiger partial charge in [-0.05, 0) is 52.3 Å². The van der Waals surface area contributed by atoms with E-state index in [2.05, 4.69) is 32.5 Å². The highest BCUT2D eigenvalue weighted by molar-refractivity contribution is 9.11. The van der Waals surface area contributed by atoms with Gasteiger partial charge in [0.25, 0.3) is 15.9 Å². The van der Waals surface area contributed by atoms with Crippen LogP contribution in [0.2, 0.25) is 0 Å². The number of amides is 1. The highest BCUT2D eigenvalue weighted by Crippen LogP contribution is 2.27. The van der Waals surface area contributed by atoms with Crippen molar-refractivity contribution in [2.45, 2.75) is 4.21 Å². The van der Waals surface area contributed by atoms with Gasteiger partial charge in [0.05, 0.1) is 3.79 Å². The molecule has 8 heteroatoms. The van der Waals surface area contributed by atoms with E-state index in [9.17, 15) is 13.2 Å². The van der Waals surface area contributed by atoms with Crippen molar-refractivity contribution in [2.75, 3.05) is 11.3 Å². The van der Waals surface area contributed by atoms with Crippen molar-refractivity contribution < 1.29 is 13.2 Å². The van der Waals surface area contributed by atoms with Crippen LogP contribution in [0.5, 0.6) is 0 Å². The lowest BCUT2D eigenvalue weighted by atomic mass is 10.2. The average molecular weight is 401 g/mol.